The summed E-state index contributed by atoms with van der Waals surface area (Å²) >= 11 is 12.8. The number of nitrogens with one attached hydrogen (secondary N) is 1. The van der Waals surface area contributed by atoms with Crippen molar-refractivity contribution in [3.05, 3.63) is 100 Å². The van der Waals surface area contributed by atoms with Gasteiger partial charge >= 0.3 is 0 Å². The summed E-state index contributed by atoms with van der Waals surface area (Å²) in [5.74, 6) is -0.886. The third kappa shape index (κ3) is 8.71. The Hall–Kier alpha value is -3.07. The first-order valence-corrected chi connectivity index (χ1v) is 15.3. The van der Waals surface area contributed by atoms with Crippen molar-refractivity contribution < 1.29 is 18.0 Å². The average molecular weight is 591 g/mol. The number of anilines is 1. The Bertz CT molecular complexity index is 1370. The van der Waals surface area contributed by atoms with Crippen LogP contribution in [0.25, 0.3) is 0 Å². The molecule has 7 nitrogen and oxygen atoms in total. The van der Waals surface area contributed by atoms with E-state index in [0.717, 1.165) is 29.0 Å². The Labute approximate surface area is 240 Å². The van der Waals surface area contributed by atoms with Crippen molar-refractivity contribution in [2.45, 2.75) is 38.8 Å². The van der Waals surface area contributed by atoms with E-state index in [1.165, 1.54) is 11.0 Å². The number of benzene rings is 3. The first kappa shape index (κ1) is 30.5. The number of unbranched alkanes of at least 4 members (excludes halogenated alkanes) is 1. The zero-order valence-electron chi connectivity index (χ0n) is 22.0. The second-order valence-electron chi connectivity index (χ2n) is 9.18. The second-order valence-corrected chi connectivity index (χ2v) is 11.9. The van der Waals surface area contributed by atoms with Gasteiger partial charge in [0.15, 0.2) is 0 Å². The first-order chi connectivity index (χ1) is 18.6. The lowest BCUT2D eigenvalue weighted by Crippen LogP contribution is -2.53. The van der Waals surface area contributed by atoms with Gasteiger partial charge in [0.25, 0.3) is 0 Å². The summed E-state index contributed by atoms with van der Waals surface area (Å²) in [5, 5.41) is 3.57. The van der Waals surface area contributed by atoms with E-state index >= 15 is 0 Å². The minimum atomic E-state index is -3.90. The van der Waals surface area contributed by atoms with Crippen LogP contribution in [0, 0.1) is 0 Å². The maximum atomic E-state index is 14.0. The van der Waals surface area contributed by atoms with Gasteiger partial charge in [-0.15, -0.1) is 0 Å². The summed E-state index contributed by atoms with van der Waals surface area (Å²) in [7, 11) is -3.90. The molecule has 0 spiro atoms. The number of carbonyl (C=O) groups is 2. The lowest BCUT2D eigenvalue weighted by atomic mass is 10.0. The molecule has 1 N–H and O–H groups in total. The highest BCUT2D eigenvalue weighted by atomic mass is 35.5. The minimum Gasteiger partial charge on any atom is -0.354 e. The Morgan fingerprint density at radius 2 is 1.51 bits per heavy atom. The zero-order valence-corrected chi connectivity index (χ0v) is 24.3. The summed E-state index contributed by atoms with van der Waals surface area (Å²) in [5.41, 5.74) is 1.67. The molecule has 0 radical (unpaired) electrons. The molecular weight excluding hydrogens is 557 g/mol. The van der Waals surface area contributed by atoms with Gasteiger partial charge in [0, 0.05) is 24.5 Å². The molecule has 0 saturated carbocycles. The molecule has 0 aliphatic heterocycles. The van der Waals surface area contributed by atoms with Gasteiger partial charge in [-0.05, 0) is 35.7 Å². The van der Waals surface area contributed by atoms with Crippen LogP contribution in [0.2, 0.25) is 10.0 Å². The van der Waals surface area contributed by atoms with Crippen LogP contribution >= 0.6 is 23.2 Å². The fourth-order valence-electron chi connectivity index (χ4n) is 4.12. The number of hydrogen-bond donors (Lipinski definition) is 1. The molecule has 0 bridgehead atoms. The zero-order chi connectivity index (χ0) is 28.4. The standard InChI is InChI=1S/C29H33Cl2N3O4S/c1-3-4-18-32-29(36)27(19-22-12-6-5-7-13-22)33(20-23-14-8-9-15-24(23)30)28(35)21-34(39(2,37)38)26-17-11-10-16-25(26)31/h5-17,27H,3-4,18-21H2,1-2H3,(H,32,36). The molecule has 2 amide bonds. The molecular formula is C29H33Cl2N3O4S. The number of hydrogen-bond acceptors (Lipinski definition) is 4. The summed E-state index contributed by atoms with van der Waals surface area (Å²) in [6, 6.07) is 21.9. The van der Waals surface area contributed by atoms with Crippen molar-refractivity contribution in [2.75, 3.05) is 23.7 Å². The predicted molar refractivity (Wildman–Crippen MR) is 157 cm³/mol. The third-order valence-electron chi connectivity index (χ3n) is 6.20. The topological polar surface area (TPSA) is 86.8 Å². The summed E-state index contributed by atoms with van der Waals surface area (Å²) in [4.78, 5) is 29.0. The normalized spacial score (nSPS) is 12.0. The molecule has 0 aromatic heterocycles. The van der Waals surface area contributed by atoms with Crippen LogP contribution < -0.4 is 9.62 Å². The Balaban J connectivity index is 2.05. The average Bonchev–Trinajstić information content (AvgIpc) is 2.90. The Morgan fingerprint density at radius 1 is 0.897 bits per heavy atom. The van der Waals surface area contributed by atoms with Gasteiger partial charge in [-0.1, -0.05) is 97.2 Å². The fourth-order valence-corrected chi connectivity index (χ4v) is 5.46. The summed E-state index contributed by atoms with van der Waals surface area (Å²) < 4.78 is 26.6. The summed E-state index contributed by atoms with van der Waals surface area (Å²) in [6.45, 7) is 1.96. The Kier molecular flexibility index (Phi) is 11.2. The number of para-hydroxylation sites is 1. The van der Waals surface area contributed by atoms with Gasteiger partial charge < -0.3 is 10.2 Å². The van der Waals surface area contributed by atoms with E-state index < -0.39 is 28.5 Å². The van der Waals surface area contributed by atoms with Crippen LogP contribution in [0.1, 0.15) is 30.9 Å². The van der Waals surface area contributed by atoms with Crippen molar-refractivity contribution in [3.8, 4) is 0 Å². The van der Waals surface area contributed by atoms with Crippen molar-refractivity contribution in [1.29, 1.82) is 0 Å². The first-order valence-electron chi connectivity index (χ1n) is 12.7. The number of amides is 2. The van der Waals surface area contributed by atoms with Crippen LogP contribution in [0.3, 0.4) is 0 Å². The molecule has 0 aliphatic rings. The van der Waals surface area contributed by atoms with Gasteiger partial charge in [-0.3, -0.25) is 13.9 Å². The lowest BCUT2D eigenvalue weighted by molar-refractivity contribution is -0.140. The number of sulfonamides is 1. The molecule has 208 valence electrons. The fraction of sp³-hybridized carbons (Fsp3) is 0.310. The maximum Gasteiger partial charge on any atom is 0.244 e. The van der Waals surface area contributed by atoms with E-state index in [9.17, 15) is 18.0 Å². The largest absolute Gasteiger partial charge is 0.354 e. The van der Waals surface area contributed by atoms with E-state index in [0.29, 0.717) is 17.1 Å². The highest BCUT2D eigenvalue weighted by Gasteiger charge is 2.33. The molecule has 3 rings (SSSR count). The van der Waals surface area contributed by atoms with Crippen molar-refractivity contribution >= 4 is 50.7 Å². The quantitative estimate of drug-likeness (QED) is 0.273. The number of nitrogens with zero attached hydrogens (tertiary/aromatic N) is 2. The smallest absolute Gasteiger partial charge is 0.244 e. The Morgan fingerprint density at radius 3 is 2.13 bits per heavy atom. The maximum absolute atomic E-state index is 14.0. The number of carbonyl (C=O) groups excluding carboxylic acids is 2. The third-order valence-corrected chi connectivity index (χ3v) is 8.01. The van der Waals surface area contributed by atoms with Crippen LogP contribution in [-0.4, -0.2) is 50.5 Å². The van der Waals surface area contributed by atoms with E-state index in [1.54, 1.807) is 42.5 Å². The molecule has 1 unspecified atom stereocenters. The van der Waals surface area contributed by atoms with Crippen LogP contribution in [0.15, 0.2) is 78.9 Å². The molecule has 3 aromatic carbocycles. The van der Waals surface area contributed by atoms with Crippen molar-refractivity contribution in [1.82, 2.24) is 10.2 Å². The van der Waals surface area contributed by atoms with Gasteiger partial charge in [0.1, 0.15) is 12.6 Å². The molecule has 1 atom stereocenters. The van der Waals surface area contributed by atoms with Crippen molar-refractivity contribution in [2.24, 2.45) is 0 Å². The van der Waals surface area contributed by atoms with E-state index in [2.05, 4.69) is 5.32 Å². The van der Waals surface area contributed by atoms with Crippen LogP contribution in [0.4, 0.5) is 5.69 Å². The van der Waals surface area contributed by atoms with Crippen LogP contribution in [-0.2, 0) is 32.6 Å². The van der Waals surface area contributed by atoms with Gasteiger partial charge in [0.2, 0.25) is 21.8 Å². The van der Waals surface area contributed by atoms with Gasteiger partial charge in [-0.25, -0.2) is 8.42 Å². The van der Waals surface area contributed by atoms with Gasteiger partial charge in [0.05, 0.1) is 17.0 Å². The summed E-state index contributed by atoms with van der Waals surface area (Å²) in [6.07, 6.45) is 2.94. The number of rotatable bonds is 13. The molecule has 0 saturated heterocycles. The molecule has 39 heavy (non-hydrogen) atoms. The monoisotopic (exact) mass is 589 g/mol. The van der Waals surface area contributed by atoms with E-state index in [4.69, 9.17) is 23.2 Å². The highest BCUT2D eigenvalue weighted by molar-refractivity contribution is 7.92. The molecule has 0 heterocycles. The van der Waals surface area contributed by atoms with Gasteiger partial charge in [-0.2, -0.15) is 0 Å². The SMILES string of the molecule is CCCCNC(=O)C(Cc1ccccc1)N(Cc1ccccc1Cl)C(=O)CN(c1ccccc1Cl)S(C)(=O)=O. The van der Waals surface area contributed by atoms with Crippen LogP contribution in [0.5, 0.6) is 0 Å². The highest BCUT2D eigenvalue weighted by Crippen LogP contribution is 2.28. The molecule has 0 aliphatic carbocycles. The minimum absolute atomic E-state index is 0.0112. The second kappa shape index (κ2) is 14.4. The molecule has 10 heteroatoms. The predicted octanol–water partition coefficient (Wildman–Crippen LogP) is 5.32. The lowest BCUT2D eigenvalue weighted by Gasteiger charge is -2.33. The molecule has 0 fully saturated rings. The van der Waals surface area contributed by atoms with E-state index in [-0.39, 0.29) is 29.6 Å². The molecule has 3 aromatic rings. The van der Waals surface area contributed by atoms with Crippen molar-refractivity contribution in [3.63, 3.8) is 0 Å². The number of halogens is 2. The van der Waals surface area contributed by atoms with E-state index in [1.807, 2.05) is 37.3 Å².